The Kier molecular flexibility index (Phi) is 6.21. The van der Waals surface area contributed by atoms with E-state index in [4.69, 9.17) is 11.3 Å². The summed E-state index contributed by atoms with van der Waals surface area (Å²) >= 11 is 0. The van der Waals surface area contributed by atoms with Gasteiger partial charge in [-0.05, 0) is 96.9 Å². The van der Waals surface area contributed by atoms with Crippen LogP contribution in [0.4, 0.5) is 0 Å². The van der Waals surface area contributed by atoms with Crippen LogP contribution in [0.15, 0.2) is 217 Å². The summed E-state index contributed by atoms with van der Waals surface area (Å²) < 4.78 is 52.0. The fourth-order valence-electron chi connectivity index (χ4n) is 9.24. The molecule has 0 bridgehead atoms. The molecule has 2 heterocycles. The molecule has 0 N–H and O–H groups in total. The Morgan fingerprint density at radius 2 is 0.914 bits per heavy atom. The van der Waals surface area contributed by atoms with E-state index in [2.05, 4.69) is 138 Å². The van der Waals surface area contributed by atoms with E-state index in [-0.39, 0.29) is 29.7 Å². The van der Waals surface area contributed by atoms with Gasteiger partial charge in [-0.15, -0.1) is 0 Å². The molecule has 0 amide bonds. The van der Waals surface area contributed by atoms with Gasteiger partial charge in [-0.25, -0.2) is 0 Å². The number of rotatable bonds is 5. The van der Waals surface area contributed by atoms with Gasteiger partial charge in [-0.3, -0.25) is 0 Å². The summed E-state index contributed by atoms with van der Waals surface area (Å²) in [6.45, 7) is 0. The lowest BCUT2D eigenvalue weighted by Crippen LogP contribution is -1.94. The molecule has 270 valence electrons. The van der Waals surface area contributed by atoms with E-state index in [1.165, 1.54) is 10.8 Å². The lowest BCUT2D eigenvalue weighted by atomic mass is 9.85. The van der Waals surface area contributed by atoms with E-state index >= 15 is 0 Å². The summed E-state index contributed by atoms with van der Waals surface area (Å²) in [6.07, 6.45) is 0. The zero-order valence-corrected chi connectivity index (χ0v) is 31.2. The number of para-hydroxylation sites is 3. The Morgan fingerprint density at radius 1 is 0.362 bits per heavy atom. The fraction of sp³-hybridized carbons (Fsp3) is 0. The second-order valence-corrected chi connectivity index (χ2v) is 14.8. The minimum Gasteiger partial charge on any atom is -0.456 e. The molecule has 12 rings (SSSR count). The quantitative estimate of drug-likeness (QED) is 0.161. The van der Waals surface area contributed by atoms with E-state index < -0.39 is 6.04 Å². The van der Waals surface area contributed by atoms with Crippen LogP contribution in [0.2, 0.25) is 0 Å². The van der Waals surface area contributed by atoms with Crippen LogP contribution in [0.5, 0.6) is 0 Å². The molecule has 0 aliphatic carbocycles. The number of hydrogen-bond donors (Lipinski definition) is 0. The number of hydrogen-bond acceptors (Lipinski definition) is 1. The summed E-state index contributed by atoms with van der Waals surface area (Å²) in [4.78, 5) is 0. The van der Waals surface area contributed by atoms with Crippen molar-refractivity contribution in [1.29, 1.82) is 0 Å². The van der Waals surface area contributed by atoms with Crippen LogP contribution < -0.4 is 0 Å². The van der Waals surface area contributed by atoms with Gasteiger partial charge >= 0.3 is 0 Å². The molecular weight excluding hydrogens is 703 g/mol. The van der Waals surface area contributed by atoms with Crippen molar-refractivity contribution in [2.75, 3.05) is 0 Å². The van der Waals surface area contributed by atoms with E-state index in [9.17, 15) is 0 Å². The first kappa shape index (κ1) is 27.8. The van der Waals surface area contributed by atoms with Crippen molar-refractivity contribution < 1.29 is 11.3 Å². The predicted molar refractivity (Wildman–Crippen MR) is 245 cm³/mol. The highest BCUT2D eigenvalue weighted by Crippen LogP contribution is 2.47. The van der Waals surface area contributed by atoms with Gasteiger partial charge < -0.3 is 8.98 Å². The Bertz CT molecular complexity index is 3760. The first-order chi connectivity index (χ1) is 30.9. The third-order valence-electron chi connectivity index (χ3n) is 11.7. The number of benzene rings is 10. The second-order valence-electron chi connectivity index (χ2n) is 14.8. The van der Waals surface area contributed by atoms with Crippen molar-refractivity contribution in [3.63, 3.8) is 0 Å². The van der Waals surface area contributed by atoms with E-state index in [0.29, 0.717) is 5.56 Å². The predicted octanol–water partition coefficient (Wildman–Crippen LogP) is 15.7. The molecule has 10 aromatic carbocycles. The highest BCUT2D eigenvalue weighted by atomic mass is 16.3. The van der Waals surface area contributed by atoms with Gasteiger partial charge in [0.1, 0.15) is 11.2 Å². The first-order valence-electron chi connectivity index (χ1n) is 22.0. The van der Waals surface area contributed by atoms with Crippen LogP contribution >= 0.6 is 0 Å². The second kappa shape index (κ2) is 12.9. The molecule has 2 heteroatoms. The van der Waals surface area contributed by atoms with Gasteiger partial charge in [0.05, 0.1) is 17.9 Å². The van der Waals surface area contributed by atoms with Crippen LogP contribution in [-0.4, -0.2) is 4.57 Å². The summed E-state index contributed by atoms with van der Waals surface area (Å²) in [5, 5.41) is 8.00. The van der Waals surface area contributed by atoms with Crippen molar-refractivity contribution in [3.05, 3.63) is 212 Å². The maximum Gasteiger partial charge on any atom is 0.136 e. The highest BCUT2D eigenvalue weighted by Gasteiger charge is 2.21. The summed E-state index contributed by atoms with van der Waals surface area (Å²) in [5.74, 6) is 0. The lowest BCUT2D eigenvalue weighted by Gasteiger charge is -2.18. The molecular formula is C56H35NO. The molecule has 12 aromatic rings. The topological polar surface area (TPSA) is 18.1 Å². The lowest BCUT2D eigenvalue weighted by molar-refractivity contribution is 0.669. The number of furan rings is 1. The van der Waals surface area contributed by atoms with Gasteiger partial charge in [0.15, 0.2) is 0 Å². The van der Waals surface area contributed by atoms with Crippen molar-refractivity contribution in [2.24, 2.45) is 0 Å². The SMILES string of the molecule is [2H]c1c([2H])c([2H])c(-c2c3ccccc3c(-c3ccc(-c4ccc5oc6ccccc6c5c4-c4ccc5c6ccccc6n(-c6ccccc6)c5c4)cc3)c3ccccc23)c([2H])c1[2H]. The molecule has 0 radical (unpaired) electrons. The van der Waals surface area contributed by atoms with E-state index in [1.807, 2.05) is 48.5 Å². The average Bonchev–Trinajstić information content (AvgIpc) is 3.88. The van der Waals surface area contributed by atoms with Gasteiger partial charge in [-0.2, -0.15) is 0 Å². The molecule has 2 aromatic heterocycles. The summed E-state index contributed by atoms with van der Waals surface area (Å²) in [5.41, 5.74) is 12.2. The Hall–Kier alpha value is -7.68. The third-order valence-corrected chi connectivity index (χ3v) is 11.7. The normalized spacial score (nSPS) is 13.0. The maximum atomic E-state index is 8.95. The van der Waals surface area contributed by atoms with Gasteiger partial charge in [0, 0.05) is 32.8 Å². The molecule has 0 spiro atoms. The minimum absolute atomic E-state index is 0.201. The van der Waals surface area contributed by atoms with Crippen LogP contribution in [0, 0.1) is 0 Å². The standard InChI is InChI=1S/C56H35NO/c1-3-15-37(16-4-1)53-44-20-7-9-22-46(44)54(47-23-10-8-21-45(47)53)38-29-27-36(28-30-38)41-33-34-52-56(48-24-12-14-26-51(48)58-52)55(41)39-31-32-43-42-19-11-13-25-49(42)57(50(43)35-39)40-17-5-2-6-18-40/h1-35H/i1D,3D,4D,15D,16D. The van der Waals surface area contributed by atoms with E-state index in [1.54, 1.807) is 0 Å². The van der Waals surface area contributed by atoms with Crippen LogP contribution in [0.3, 0.4) is 0 Å². The Balaban J connectivity index is 1.08. The maximum absolute atomic E-state index is 8.95. The van der Waals surface area contributed by atoms with Gasteiger partial charge in [0.25, 0.3) is 0 Å². The smallest absolute Gasteiger partial charge is 0.136 e. The molecule has 2 nitrogen and oxygen atoms in total. The third kappa shape index (κ3) is 4.92. The zero-order valence-electron chi connectivity index (χ0n) is 36.2. The number of nitrogens with zero attached hydrogens (tertiary/aromatic N) is 1. The minimum atomic E-state index is -0.404. The largest absolute Gasteiger partial charge is 0.456 e. The zero-order chi connectivity index (χ0) is 42.5. The molecule has 0 aliphatic rings. The Labute approximate surface area is 342 Å². The first-order valence-corrected chi connectivity index (χ1v) is 19.5. The van der Waals surface area contributed by atoms with Crippen LogP contribution in [-0.2, 0) is 0 Å². The molecule has 0 aliphatic heterocycles. The fourth-order valence-corrected chi connectivity index (χ4v) is 9.24. The molecule has 58 heavy (non-hydrogen) atoms. The summed E-state index contributed by atoms with van der Waals surface area (Å²) in [7, 11) is 0. The van der Waals surface area contributed by atoms with Crippen molar-refractivity contribution in [2.45, 2.75) is 0 Å². The van der Waals surface area contributed by atoms with Gasteiger partial charge in [0.2, 0.25) is 0 Å². The van der Waals surface area contributed by atoms with Crippen LogP contribution in [0.1, 0.15) is 6.85 Å². The number of aromatic nitrogens is 1. The van der Waals surface area contributed by atoms with Crippen molar-refractivity contribution >= 4 is 65.3 Å². The molecule has 0 fully saturated rings. The van der Waals surface area contributed by atoms with Crippen molar-refractivity contribution in [3.8, 4) is 50.2 Å². The molecule has 0 atom stereocenters. The number of fused-ring (bicyclic) bond motifs is 8. The average molecular weight is 743 g/mol. The van der Waals surface area contributed by atoms with Crippen LogP contribution in [0.25, 0.3) is 115 Å². The molecule has 0 saturated carbocycles. The van der Waals surface area contributed by atoms with Crippen molar-refractivity contribution in [1.82, 2.24) is 4.57 Å². The molecule has 0 unspecified atom stereocenters. The molecule has 0 saturated heterocycles. The van der Waals surface area contributed by atoms with E-state index in [0.717, 1.165) is 93.6 Å². The monoisotopic (exact) mass is 742 g/mol. The highest BCUT2D eigenvalue weighted by molar-refractivity contribution is 6.22. The summed E-state index contributed by atoms with van der Waals surface area (Å²) in [6, 6.07) is 61.6. The Morgan fingerprint density at radius 3 is 1.62 bits per heavy atom. The van der Waals surface area contributed by atoms with Gasteiger partial charge in [-0.1, -0.05) is 176 Å².